The zero-order chi connectivity index (χ0) is 21.7. The van der Waals surface area contributed by atoms with Crippen LogP contribution in [-0.4, -0.2) is 22.0 Å². The van der Waals surface area contributed by atoms with Gasteiger partial charge in [-0.1, -0.05) is 23.7 Å². The number of ether oxygens (including phenoxy) is 1. The van der Waals surface area contributed by atoms with E-state index in [1.807, 2.05) is 0 Å². The lowest BCUT2D eigenvalue weighted by atomic mass is 10.1. The molecular formula is C20H12ClN3O6. The number of aliphatic imine (C=N–C) groups is 1. The number of nitrogens with zero attached hydrogens (tertiary/aromatic N) is 3. The number of carbonyl (C=O) groups is 1. The second-order valence-electron chi connectivity index (χ2n) is 5.92. The van der Waals surface area contributed by atoms with Crippen molar-refractivity contribution in [3.8, 4) is 5.75 Å². The molecule has 30 heavy (non-hydrogen) atoms. The Balaban J connectivity index is 1.75. The highest BCUT2D eigenvalue weighted by molar-refractivity contribution is 6.33. The maximum atomic E-state index is 12.3. The number of nitro groups is 2. The normalized spacial score (nSPS) is 10.7. The van der Waals surface area contributed by atoms with Crippen molar-refractivity contribution in [2.75, 3.05) is 0 Å². The number of benzene rings is 3. The fourth-order valence-corrected chi connectivity index (χ4v) is 2.60. The van der Waals surface area contributed by atoms with Gasteiger partial charge in [-0.2, -0.15) is 0 Å². The molecule has 150 valence electrons. The summed E-state index contributed by atoms with van der Waals surface area (Å²) in [6.45, 7) is 0. The lowest BCUT2D eigenvalue weighted by Gasteiger charge is -2.05. The van der Waals surface area contributed by atoms with Gasteiger partial charge in [0, 0.05) is 18.3 Å². The molecule has 0 amide bonds. The highest BCUT2D eigenvalue weighted by Crippen LogP contribution is 2.25. The Morgan fingerprint density at radius 2 is 1.53 bits per heavy atom. The largest absolute Gasteiger partial charge is 0.423 e. The van der Waals surface area contributed by atoms with Crippen molar-refractivity contribution in [3.05, 3.63) is 103 Å². The van der Waals surface area contributed by atoms with Gasteiger partial charge in [0.1, 0.15) is 5.75 Å². The first kappa shape index (κ1) is 20.6. The summed E-state index contributed by atoms with van der Waals surface area (Å²) < 4.78 is 5.16. The standard InChI is InChI=1S/C20H12ClN3O6/c21-18-3-1-2-4-19(18)22-12-13-5-7-17(8-6-13)30-20(25)14-9-15(23(26)27)11-16(10-14)24(28)29/h1-12H. The lowest BCUT2D eigenvalue weighted by Crippen LogP contribution is -2.09. The minimum absolute atomic E-state index is 0.157. The van der Waals surface area contributed by atoms with Gasteiger partial charge in [-0.3, -0.25) is 25.2 Å². The van der Waals surface area contributed by atoms with Crippen LogP contribution in [0.4, 0.5) is 17.1 Å². The molecule has 0 saturated heterocycles. The Bertz CT molecular complexity index is 1130. The van der Waals surface area contributed by atoms with E-state index >= 15 is 0 Å². The number of non-ortho nitro benzene ring substituents is 2. The quantitative estimate of drug-likeness (QED) is 0.177. The Hall–Kier alpha value is -4.11. The first-order chi connectivity index (χ1) is 14.3. The zero-order valence-electron chi connectivity index (χ0n) is 15.1. The number of hydrogen-bond donors (Lipinski definition) is 0. The van der Waals surface area contributed by atoms with Crippen molar-refractivity contribution < 1.29 is 19.4 Å². The van der Waals surface area contributed by atoms with E-state index in [9.17, 15) is 25.0 Å². The SMILES string of the molecule is O=C(Oc1ccc(C=Nc2ccccc2Cl)cc1)c1cc([N+](=O)[O-])cc([N+](=O)[O-])c1. The van der Waals surface area contributed by atoms with Crippen LogP contribution in [-0.2, 0) is 0 Å². The van der Waals surface area contributed by atoms with Crippen LogP contribution in [0.3, 0.4) is 0 Å². The van der Waals surface area contributed by atoms with Crippen molar-refractivity contribution in [3.63, 3.8) is 0 Å². The van der Waals surface area contributed by atoms with Gasteiger partial charge in [0.05, 0.1) is 32.2 Å². The lowest BCUT2D eigenvalue weighted by molar-refractivity contribution is -0.394. The fourth-order valence-electron chi connectivity index (χ4n) is 2.41. The van der Waals surface area contributed by atoms with Gasteiger partial charge >= 0.3 is 5.97 Å². The number of esters is 1. The molecule has 0 atom stereocenters. The molecule has 0 N–H and O–H groups in total. The Morgan fingerprint density at radius 3 is 2.10 bits per heavy atom. The van der Waals surface area contributed by atoms with E-state index in [1.165, 1.54) is 12.1 Å². The Labute approximate surface area is 174 Å². The van der Waals surface area contributed by atoms with Gasteiger partial charge < -0.3 is 4.74 Å². The Kier molecular flexibility index (Phi) is 6.14. The fraction of sp³-hybridized carbons (Fsp3) is 0. The van der Waals surface area contributed by atoms with E-state index in [4.69, 9.17) is 16.3 Å². The summed E-state index contributed by atoms with van der Waals surface area (Å²) in [5, 5.41) is 22.4. The van der Waals surface area contributed by atoms with Crippen LogP contribution in [0.25, 0.3) is 0 Å². The number of para-hydroxylation sites is 1. The molecule has 0 aromatic heterocycles. The van der Waals surface area contributed by atoms with Crippen LogP contribution in [0.1, 0.15) is 15.9 Å². The molecule has 0 aliphatic heterocycles. The van der Waals surface area contributed by atoms with Crippen molar-refractivity contribution in [1.29, 1.82) is 0 Å². The summed E-state index contributed by atoms with van der Waals surface area (Å²) in [6, 6.07) is 15.9. The van der Waals surface area contributed by atoms with Crippen LogP contribution in [0.2, 0.25) is 5.02 Å². The van der Waals surface area contributed by atoms with Crippen molar-refractivity contribution >= 4 is 40.8 Å². The topological polar surface area (TPSA) is 125 Å². The molecule has 0 aliphatic rings. The first-order valence-corrected chi connectivity index (χ1v) is 8.76. The van der Waals surface area contributed by atoms with E-state index < -0.39 is 27.2 Å². The molecule has 0 saturated carbocycles. The number of nitro benzene ring substituents is 2. The van der Waals surface area contributed by atoms with Crippen LogP contribution in [0, 0.1) is 20.2 Å². The van der Waals surface area contributed by atoms with Gasteiger partial charge in [-0.05, 0) is 42.0 Å². The smallest absolute Gasteiger partial charge is 0.344 e. The molecule has 9 nitrogen and oxygen atoms in total. The molecular weight excluding hydrogens is 414 g/mol. The van der Waals surface area contributed by atoms with Crippen LogP contribution >= 0.6 is 11.6 Å². The van der Waals surface area contributed by atoms with Crippen molar-refractivity contribution in [1.82, 2.24) is 0 Å². The average Bonchev–Trinajstić information content (AvgIpc) is 2.73. The van der Waals surface area contributed by atoms with E-state index in [0.29, 0.717) is 16.3 Å². The number of hydrogen-bond acceptors (Lipinski definition) is 7. The van der Waals surface area contributed by atoms with Gasteiger partial charge in [-0.15, -0.1) is 0 Å². The maximum Gasteiger partial charge on any atom is 0.344 e. The molecule has 0 heterocycles. The van der Waals surface area contributed by atoms with E-state index in [2.05, 4.69) is 4.99 Å². The van der Waals surface area contributed by atoms with E-state index in [-0.39, 0.29) is 11.3 Å². The number of halogens is 1. The van der Waals surface area contributed by atoms with Gasteiger partial charge in [0.25, 0.3) is 11.4 Å². The van der Waals surface area contributed by atoms with Crippen LogP contribution in [0.15, 0.2) is 71.7 Å². The zero-order valence-corrected chi connectivity index (χ0v) is 15.9. The number of carbonyl (C=O) groups excluding carboxylic acids is 1. The molecule has 0 radical (unpaired) electrons. The van der Waals surface area contributed by atoms with Crippen molar-refractivity contribution in [2.45, 2.75) is 0 Å². The third-order valence-electron chi connectivity index (χ3n) is 3.86. The second-order valence-corrected chi connectivity index (χ2v) is 6.33. The predicted octanol–water partition coefficient (Wildman–Crippen LogP) is 5.13. The molecule has 3 aromatic carbocycles. The van der Waals surface area contributed by atoms with Crippen LogP contribution in [0.5, 0.6) is 5.75 Å². The summed E-state index contributed by atoms with van der Waals surface area (Å²) in [7, 11) is 0. The Morgan fingerprint density at radius 1 is 0.933 bits per heavy atom. The van der Waals surface area contributed by atoms with Gasteiger partial charge in [0.2, 0.25) is 0 Å². The molecule has 0 bridgehead atoms. The monoisotopic (exact) mass is 425 g/mol. The summed E-state index contributed by atoms with van der Waals surface area (Å²) in [5.41, 5.74) is -0.160. The minimum Gasteiger partial charge on any atom is -0.423 e. The third kappa shape index (κ3) is 5.03. The van der Waals surface area contributed by atoms with Crippen molar-refractivity contribution in [2.24, 2.45) is 4.99 Å². The molecule has 0 unspecified atom stereocenters. The maximum absolute atomic E-state index is 12.3. The predicted molar refractivity (Wildman–Crippen MR) is 110 cm³/mol. The molecule has 0 spiro atoms. The first-order valence-electron chi connectivity index (χ1n) is 8.38. The summed E-state index contributed by atoms with van der Waals surface area (Å²) in [6.07, 6.45) is 1.58. The molecule has 10 heteroatoms. The second kappa shape index (κ2) is 8.93. The molecule has 3 rings (SSSR count). The van der Waals surface area contributed by atoms with Crippen LogP contribution < -0.4 is 4.74 Å². The van der Waals surface area contributed by atoms with Gasteiger partial charge in [0.15, 0.2) is 0 Å². The molecule has 0 fully saturated rings. The molecule has 3 aromatic rings. The minimum atomic E-state index is -0.959. The summed E-state index contributed by atoms with van der Waals surface area (Å²) in [4.78, 5) is 36.8. The highest BCUT2D eigenvalue weighted by Gasteiger charge is 2.21. The molecule has 0 aliphatic carbocycles. The average molecular weight is 426 g/mol. The summed E-state index contributed by atoms with van der Waals surface area (Å²) >= 11 is 6.04. The van der Waals surface area contributed by atoms with E-state index in [1.54, 1.807) is 42.6 Å². The number of rotatable bonds is 6. The van der Waals surface area contributed by atoms with Gasteiger partial charge in [-0.25, -0.2) is 4.79 Å². The third-order valence-corrected chi connectivity index (χ3v) is 4.18. The summed E-state index contributed by atoms with van der Waals surface area (Å²) in [5.74, 6) is -0.802. The highest BCUT2D eigenvalue weighted by atomic mass is 35.5. The van der Waals surface area contributed by atoms with E-state index in [0.717, 1.165) is 18.2 Å².